The fourth-order valence-corrected chi connectivity index (χ4v) is 2.27. The second-order valence-electron chi connectivity index (χ2n) is 5.40. The molecule has 0 aliphatic heterocycles. The Morgan fingerprint density at radius 1 is 1.21 bits per heavy atom. The predicted molar refractivity (Wildman–Crippen MR) is 87.4 cm³/mol. The Bertz CT molecular complexity index is 1020. The first-order valence-corrected chi connectivity index (χ1v) is 7.78. The summed E-state index contributed by atoms with van der Waals surface area (Å²) in [7, 11) is 0. The molecule has 0 fully saturated rings. The van der Waals surface area contributed by atoms with E-state index in [1.165, 1.54) is 12.1 Å². The zero-order valence-electron chi connectivity index (χ0n) is 14.1. The van der Waals surface area contributed by atoms with Gasteiger partial charge in [-0.25, -0.2) is 14.4 Å². The van der Waals surface area contributed by atoms with Gasteiger partial charge >= 0.3 is 17.7 Å². The van der Waals surface area contributed by atoms with Crippen molar-refractivity contribution in [3.63, 3.8) is 0 Å². The van der Waals surface area contributed by atoms with E-state index in [0.29, 0.717) is 6.07 Å². The highest BCUT2D eigenvalue weighted by Crippen LogP contribution is 2.32. The highest BCUT2D eigenvalue weighted by Gasteiger charge is 2.34. The summed E-state index contributed by atoms with van der Waals surface area (Å²) in [5, 5.41) is 14.9. The van der Waals surface area contributed by atoms with Crippen molar-refractivity contribution in [2.75, 3.05) is 6.61 Å². The third-order valence-electron chi connectivity index (χ3n) is 3.49. The van der Waals surface area contributed by atoms with E-state index in [1.807, 2.05) is 0 Å². The van der Waals surface area contributed by atoms with E-state index in [1.54, 1.807) is 6.92 Å². The maximum Gasteiger partial charge on any atom is 0.433 e. The number of hydrogen-bond donors (Lipinski definition) is 0. The lowest BCUT2D eigenvalue weighted by Crippen LogP contribution is -2.13. The smallest absolute Gasteiger partial charge is 0.433 e. The van der Waals surface area contributed by atoms with Crippen molar-refractivity contribution < 1.29 is 27.2 Å². The van der Waals surface area contributed by atoms with Gasteiger partial charge in [-0.05, 0) is 37.3 Å². The molecular weight excluding hydrogens is 386 g/mol. The number of nitro groups is 1. The lowest BCUT2D eigenvalue weighted by molar-refractivity contribution is -0.385. The summed E-state index contributed by atoms with van der Waals surface area (Å²) in [6, 6.07) is 5.32. The Balaban J connectivity index is 2.18. The summed E-state index contributed by atoms with van der Waals surface area (Å²) < 4.78 is 58.7. The Morgan fingerprint density at radius 3 is 2.46 bits per heavy atom. The standard InChI is InChI=1S/C16H11F4N5O3/c1-2-28-14-12(25(26)27)8-24(23-14)15-21-11(7-13(22-15)16(18,19)20)9-3-5-10(17)6-4-9/h3-8H,2H2,1H3. The molecule has 0 saturated carbocycles. The average Bonchev–Trinajstić information content (AvgIpc) is 3.06. The molecule has 0 atom stereocenters. The van der Waals surface area contributed by atoms with Crippen LogP contribution in [0.15, 0.2) is 36.5 Å². The molecule has 2 heterocycles. The van der Waals surface area contributed by atoms with Crippen molar-refractivity contribution >= 4 is 5.69 Å². The van der Waals surface area contributed by atoms with Gasteiger partial charge in [-0.2, -0.15) is 17.9 Å². The number of hydrogen-bond acceptors (Lipinski definition) is 6. The third-order valence-corrected chi connectivity index (χ3v) is 3.49. The normalized spacial score (nSPS) is 11.5. The minimum atomic E-state index is -4.81. The molecule has 0 saturated heterocycles. The number of rotatable bonds is 5. The molecule has 0 unspecified atom stereocenters. The maximum atomic E-state index is 13.3. The number of benzene rings is 1. The quantitative estimate of drug-likeness (QED) is 0.369. The molecular formula is C16H11F4N5O3. The summed E-state index contributed by atoms with van der Waals surface area (Å²) in [4.78, 5) is 17.7. The molecule has 28 heavy (non-hydrogen) atoms. The second-order valence-corrected chi connectivity index (χ2v) is 5.40. The Hall–Kier alpha value is -3.57. The van der Waals surface area contributed by atoms with Crippen LogP contribution in [0.4, 0.5) is 23.2 Å². The zero-order valence-corrected chi connectivity index (χ0v) is 14.1. The maximum absolute atomic E-state index is 13.3. The van der Waals surface area contributed by atoms with Crippen LogP contribution in [0.25, 0.3) is 17.2 Å². The second kappa shape index (κ2) is 7.21. The SMILES string of the molecule is CCOc1nn(-c2nc(-c3ccc(F)cc3)cc(C(F)(F)F)n2)cc1[N+](=O)[O-]. The highest BCUT2D eigenvalue weighted by atomic mass is 19.4. The number of nitrogens with zero attached hydrogens (tertiary/aromatic N) is 5. The molecule has 8 nitrogen and oxygen atoms in total. The fourth-order valence-electron chi connectivity index (χ4n) is 2.27. The first kappa shape index (κ1) is 19.2. The van der Waals surface area contributed by atoms with Crippen molar-refractivity contribution in [1.82, 2.24) is 19.7 Å². The minimum absolute atomic E-state index is 0.0577. The van der Waals surface area contributed by atoms with Gasteiger partial charge in [0.1, 0.15) is 12.0 Å². The van der Waals surface area contributed by atoms with Crippen LogP contribution < -0.4 is 4.74 Å². The van der Waals surface area contributed by atoms with Gasteiger partial charge < -0.3 is 4.74 Å². The summed E-state index contributed by atoms with van der Waals surface area (Å²) in [6.07, 6.45) is -3.96. The molecule has 0 spiro atoms. The number of alkyl halides is 3. The van der Waals surface area contributed by atoms with Crippen LogP contribution in [-0.4, -0.2) is 31.3 Å². The number of halogens is 4. The summed E-state index contributed by atoms with van der Waals surface area (Å²) in [6.45, 7) is 1.62. The van der Waals surface area contributed by atoms with E-state index >= 15 is 0 Å². The molecule has 2 aromatic heterocycles. The first-order chi connectivity index (χ1) is 13.2. The zero-order chi connectivity index (χ0) is 20.5. The van der Waals surface area contributed by atoms with Crippen molar-refractivity contribution in [2.45, 2.75) is 13.1 Å². The molecule has 0 N–H and O–H groups in total. The molecule has 146 valence electrons. The average molecular weight is 397 g/mol. The van der Waals surface area contributed by atoms with Crippen LogP contribution >= 0.6 is 0 Å². The van der Waals surface area contributed by atoms with Crippen LogP contribution in [-0.2, 0) is 6.18 Å². The Labute approximate surface area is 154 Å². The van der Waals surface area contributed by atoms with Crippen molar-refractivity contribution in [1.29, 1.82) is 0 Å². The van der Waals surface area contributed by atoms with Gasteiger partial charge in [-0.1, -0.05) is 0 Å². The first-order valence-electron chi connectivity index (χ1n) is 7.78. The van der Waals surface area contributed by atoms with Crippen LogP contribution in [0.1, 0.15) is 12.6 Å². The molecule has 0 radical (unpaired) electrons. The van der Waals surface area contributed by atoms with Gasteiger partial charge in [0.25, 0.3) is 5.95 Å². The molecule has 0 aliphatic rings. The van der Waals surface area contributed by atoms with Crippen LogP contribution in [0.3, 0.4) is 0 Å². The van der Waals surface area contributed by atoms with Crippen LogP contribution in [0.2, 0.25) is 0 Å². The molecule has 3 rings (SSSR count). The van der Waals surface area contributed by atoms with E-state index in [9.17, 15) is 27.7 Å². The van der Waals surface area contributed by atoms with Gasteiger partial charge in [0.2, 0.25) is 0 Å². The monoisotopic (exact) mass is 397 g/mol. The van der Waals surface area contributed by atoms with E-state index in [-0.39, 0.29) is 23.7 Å². The molecule has 1 aromatic carbocycles. The van der Waals surface area contributed by atoms with Crippen molar-refractivity contribution in [3.05, 3.63) is 58.2 Å². The van der Waals surface area contributed by atoms with Gasteiger partial charge in [-0.3, -0.25) is 10.1 Å². The molecule has 12 heteroatoms. The van der Waals surface area contributed by atoms with Gasteiger partial charge in [0, 0.05) is 5.56 Å². The lowest BCUT2D eigenvalue weighted by atomic mass is 10.1. The third kappa shape index (κ3) is 3.89. The fraction of sp³-hybridized carbons (Fsp3) is 0.188. The molecule has 0 bridgehead atoms. The van der Waals surface area contributed by atoms with E-state index in [2.05, 4.69) is 15.1 Å². The predicted octanol–water partition coefficient (Wildman–Crippen LogP) is 3.79. The van der Waals surface area contributed by atoms with E-state index in [4.69, 9.17) is 4.74 Å². The topological polar surface area (TPSA) is 96.0 Å². The highest BCUT2D eigenvalue weighted by molar-refractivity contribution is 5.60. The molecule has 0 amide bonds. The number of aromatic nitrogens is 4. The minimum Gasteiger partial charge on any atom is -0.472 e. The number of ether oxygens (including phenoxy) is 1. The summed E-state index contributed by atoms with van der Waals surface area (Å²) in [5.74, 6) is -1.50. The van der Waals surface area contributed by atoms with Gasteiger partial charge in [0.15, 0.2) is 5.69 Å². The van der Waals surface area contributed by atoms with Gasteiger partial charge in [0.05, 0.1) is 17.2 Å². The Morgan fingerprint density at radius 2 is 1.89 bits per heavy atom. The Kier molecular flexibility index (Phi) is 4.94. The van der Waals surface area contributed by atoms with Crippen molar-refractivity contribution in [3.8, 4) is 23.1 Å². The van der Waals surface area contributed by atoms with Crippen LogP contribution in [0.5, 0.6) is 5.88 Å². The van der Waals surface area contributed by atoms with E-state index in [0.717, 1.165) is 23.0 Å². The van der Waals surface area contributed by atoms with Crippen LogP contribution in [0, 0.1) is 15.9 Å². The summed E-state index contributed by atoms with van der Waals surface area (Å²) >= 11 is 0. The largest absolute Gasteiger partial charge is 0.472 e. The molecule has 0 aliphatic carbocycles. The molecule has 3 aromatic rings. The van der Waals surface area contributed by atoms with Crippen molar-refractivity contribution in [2.24, 2.45) is 0 Å². The lowest BCUT2D eigenvalue weighted by Gasteiger charge is -2.10. The van der Waals surface area contributed by atoms with Gasteiger partial charge in [-0.15, -0.1) is 5.10 Å². The summed E-state index contributed by atoms with van der Waals surface area (Å²) in [5.41, 5.74) is -1.80. The van der Waals surface area contributed by atoms with E-state index < -0.39 is 34.2 Å².